The summed E-state index contributed by atoms with van der Waals surface area (Å²) >= 11 is 0. The first-order chi connectivity index (χ1) is 8.66. The molecule has 3 heteroatoms. The molecule has 1 aliphatic rings. The Morgan fingerprint density at radius 2 is 1.56 bits per heavy atom. The van der Waals surface area contributed by atoms with Gasteiger partial charge in [0.1, 0.15) is 12.2 Å². The number of hydrogen-bond donors (Lipinski definition) is 0. The molecule has 1 aliphatic carbocycles. The van der Waals surface area contributed by atoms with Crippen molar-refractivity contribution in [2.24, 2.45) is 0 Å². The average Bonchev–Trinajstić information content (AvgIpc) is 2.39. The molecule has 0 spiro atoms. The van der Waals surface area contributed by atoms with Crippen molar-refractivity contribution in [2.45, 2.75) is 11.8 Å². The Bertz CT molecular complexity index is 619. The van der Waals surface area contributed by atoms with Crippen LogP contribution in [0.3, 0.4) is 0 Å². The predicted octanol–water partition coefficient (Wildman–Crippen LogP) is 3.74. The predicted molar refractivity (Wildman–Crippen MR) is 64.6 cm³/mol. The van der Waals surface area contributed by atoms with E-state index < -0.39 is 11.8 Å². The number of halogens is 2. The highest BCUT2D eigenvalue weighted by molar-refractivity contribution is 5.81. The molecule has 0 radical (unpaired) electrons. The largest absolute Gasteiger partial charge is 0.302 e. The molecule has 0 amide bonds. The van der Waals surface area contributed by atoms with Gasteiger partial charge in [-0.15, -0.1) is 0 Å². The standard InChI is InChI=1S/C15H10F2O/c16-15(17)13-8-4-3-6-11(13)10-5-1-2-7-12(10)14(15)9-18/h1-9,14H. The second-order valence-electron chi connectivity index (χ2n) is 4.37. The van der Waals surface area contributed by atoms with E-state index in [1.165, 1.54) is 6.07 Å². The van der Waals surface area contributed by atoms with E-state index in [-0.39, 0.29) is 5.56 Å². The van der Waals surface area contributed by atoms with E-state index in [4.69, 9.17) is 0 Å². The zero-order valence-corrected chi connectivity index (χ0v) is 9.44. The molecular weight excluding hydrogens is 234 g/mol. The fourth-order valence-electron chi connectivity index (χ4n) is 2.54. The number of carbonyl (C=O) groups excluding carboxylic acids is 1. The Morgan fingerprint density at radius 3 is 2.28 bits per heavy atom. The first kappa shape index (κ1) is 11.1. The van der Waals surface area contributed by atoms with Gasteiger partial charge in [-0.05, 0) is 16.7 Å². The van der Waals surface area contributed by atoms with Gasteiger partial charge in [-0.3, -0.25) is 0 Å². The Kier molecular flexibility index (Phi) is 2.30. The summed E-state index contributed by atoms with van der Waals surface area (Å²) < 4.78 is 28.6. The quantitative estimate of drug-likeness (QED) is 0.698. The fourth-order valence-corrected chi connectivity index (χ4v) is 2.54. The third kappa shape index (κ3) is 1.33. The van der Waals surface area contributed by atoms with Gasteiger partial charge in [0.05, 0.1) is 0 Å². The molecule has 0 bridgehead atoms. The summed E-state index contributed by atoms with van der Waals surface area (Å²) in [7, 11) is 0. The Morgan fingerprint density at radius 1 is 0.944 bits per heavy atom. The lowest BCUT2D eigenvalue weighted by Crippen LogP contribution is -2.29. The third-order valence-electron chi connectivity index (χ3n) is 3.40. The van der Waals surface area contributed by atoms with E-state index in [2.05, 4.69) is 0 Å². The lowest BCUT2D eigenvalue weighted by Gasteiger charge is -2.32. The lowest BCUT2D eigenvalue weighted by molar-refractivity contribution is -0.119. The van der Waals surface area contributed by atoms with Gasteiger partial charge >= 0.3 is 0 Å². The molecule has 3 rings (SSSR count). The van der Waals surface area contributed by atoms with Crippen molar-refractivity contribution < 1.29 is 13.6 Å². The molecule has 90 valence electrons. The van der Waals surface area contributed by atoms with Crippen LogP contribution < -0.4 is 0 Å². The van der Waals surface area contributed by atoms with E-state index in [1.54, 1.807) is 42.5 Å². The van der Waals surface area contributed by atoms with Crippen molar-refractivity contribution in [1.82, 2.24) is 0 Å². The van der Waals surface area contributed by atoms with E-state index in [1.807, 2.05) is 0 Å². The Hall–Kier alpha value is -2.03. The van der Waals surface area contributed by atoms with Crippen LogP contribution in [0.2, 0.25) is 0 Å². The molecule has 18 heavy (non-hydrogen) atoms. The van der Waals surface area contributed by atoms with Gasteiger partial charge in [-0.25, -0.2) is 8.78 Å². The maximum atomic E-state index is 14.3. The van der Waals surface area contributed by atoms with Crippen molar-refractivity contribution in [1.29, 1.82) is 0 Å². The maximum Gasteiger partial charge on any atom is 0.287 e. The van der Waals surface area contributed by atoms with Gasteiger partial charge in [0, 0.05) is 5.56 Å². The van der Waals surface area contributed by atoms with Crippen LogP contribution >= 0.6 is 0 Å². The number of alkyl halides is 2. The minimum atomic E-state index is -3.15. The Labute approximate surface area is 103 Å². The van der Waals surface area contributed by atoms with Gasteiger partial charge in [-0.2, -0.15) is 0 Å². The minimum Gasteiger partial charge on any atom is -0.302 e. The summed E-state index contributed by atoms with van der Waals surface area (Å²) in [6, 6.07) is 13.2. The van der Waals surface area contributed by atoms with Crippen LogP contribution in [-0.4, -0.2) is 6.29 Å². The second-order valence-corrected chi connectivity index (χ2v) is 4.37. The molecule has 0 N–H and O–H groups in total. The summed E-state index contributed by atoms with van der Waals surface area (Å²) in [5, 5.41) is 0. The molecule has 0 aliphatic heterocycles. The van der Waals surface area contributed by atoms with E-state index >= 15 is 0 Å². The molecule has 0 saturated heterocycles. The van der Waals surface area contributed by atoms with E-state index in [9.17, 15) is 13.6 Å². The van der Waals surface area contributed by atoms with E-state index in [0.717, 1.165) is 5.56 Å². The average molecular weight is 244 g/mol. The van der Waals surface area contributed by atoms with Crippen molar-refractivity contribution in [2.75, 3.05) is 0 Å². The summed E-state index contributed by atoms with van der Waals surface area (Å²) in [5.41, 5.74) is 1.56. The molecule has 0 aromatic heterocycles. The van der Waals surface area contributed by atoms with Crippen molar-refractivity contribution in [3.8, 4) is 11.1 Å². The number of carbonyl (C=O) groups is 1. The lowest BCUT2D eigenvalue weighted by atomic mass is 9.77. The van der Waals surface area contributed by atoms with Crippen LogP contribution in [0.1, 0.15) is 17.0 Å². The van der Waals surface area contributed by atoms with Gasteiger partial charge < -0.3 is 4.79 Å². The third-order valence-corrected chi connectivity index (χ3v) is 3.40. The van der Waals surface area contributed by atoms with Crippen molar-refractivity contribution in [3.05, 3.63) is 59.7 Å². The van der Waals surface area contributed by atoms with Crippen LogP contribution in [-0.2, 0) is 10.7 Å². The van der Waals surface area contributed by atoms with E-state index in [0.29, 0.717) is 17.4 Å². The monoisotopic (exact) mass is 244 g/mol. The molecule has 0 saturated carbocycles. The molecule has 0 fully saturated rings. The minimum absolute atomic E-state index is 0.0687. The van der Waals surface area contributed by atoms with Crippen LogP contribution in [0.5, 0.6) is 0 Å². The summed E-state index contributed by atoms with van der Waals surface area (Å²) in [4.78, 5) is 11.1. The number of benzene rings is 2. The SMILES string of the molecule is O=CC1c2ccccc2-c2ccccc2C1(F)F. The van der Waals surface area contributed by atoms with Gasteiger partial charge in [0.15, 0.2) is 0 Å². The fraction of sp³-hybridized carbons (Fsp3) is 0.133. The van der Waals surface area contributed by atoms with Crippen LogP contribution in [0.25, 0.3) is 11.1 Å². The normalized spacial score (nSPS) is 19.8. The zero-order valence-electron chi connectivity index (χ0n) is 9.44. The molecule has 2 aromatic carbocycles. The summed E-state index contributed by atoms with van der Waals surface area (Å²) in [6.45, 7) is 0. The molecule has 2 aromatic rings. The number of fused-ring (bicyclic) bond motifs is 3. The Balaban J connectivity index is 2.38. The summed E-state index contributed by atoms with van der Waals surface area (Å²) in [5.74, 6) is -4.55. The number of hydrogen-bond acceptors (Lipinski definition) is 1. The summed E-state index contributed by atoms with van der Waals surface area (Å²) in [6.07, 6.45) is 0.342. The van der Waals surface area contributed by atoms with Crippen LogP contribution in [0.15, 0.2) is 48.5 Å². The van der Waals surface area contributed by atoms with Crippen molar-refractivity contribution >= 4 is 6.29 Å². The molecule has 1 unspecified atom stereocenters. The highest BCUT2D eigenvalue weighted by Crippen LogP contribution is 2.51. The first-order valence-corrected chi connectivity index (χ1v) is 5.68. The first-order valence-electron chi connectivity index (χ1n) is 5.68. The highest BCUT2D eigenvalue weighted by atomic mass is 19.3. The van der Waals surface area contributed by atoms with Gasteiger partial charge in [-0.1, -0.05) is 48.5 Å². The molecule has 0 heterocycles. The molecular formula is C15H10F2O. The highest BCUT2D eigenvalue weighted by Gasteiger charge is 2.47. The van der Waals surface area contributed by atoms with Crippen LogP contribution in [0, 0.1) is 0 Å². The topological polar surface area (TPSA) is 17.1 Å². The number of rotatable bonds is 1. The second kappa shape index (κ2) is 3.73. The van der Waals surface area contributed by atoms with Crippen molar-refractivity contribution in [3.63, 3.8) is 0 Å². The van der Waals surface area contributed by atoms with Gasteiger partial charge in [0.2, 0.25) is 0 Å². The zero-order chi connectivity index (χ0) is 12.8. The van der Waals surface area contributed by atoms with Gasteiger partial charge in [0.25, 0.3) is 5.92 Å². The van der Waals surface area contributed by atoms with Crippen LogP contribution in [0.4, 0.5) is 8.78 Å². The maximum absolute atomic E-state index is 14.3. The number of aldehydes is 1. The molecule has 1 nitrogen and oxygen atoms in total. The molecule has 1 atom stereocenters. The smallest absolute Gasteiger partial charge is 0.287 e.